The molecule has 0 fully saturated rings. The Balaban J connectivity index is 3.39. The van der Waals surface area contributed by atoms with E-state index >= 15 is 0 Å². The lowest BCUT2D eigenvalue weighted by atomic mass is 10.1. The van der Waals surface area contributed by atoms with Crippen LogP contribution >= 0.6 is 0 Å². The molecule has 5 nitrogen and oxygen atoms in total. The quantitative estimate of drug-likeness (QED) is 0.429. The van der Waals surface area contributed by atoms with E-state index in [0.717, 1.165) is 12.1 Å². The lowest BCUT2D eigenvalue weighted by Gasteiger charge is -2.00. The highest BCUT2D eigenvalue weighted by Crippen LogP contribution is 2.20. The summed E-state index contributed by atoms with van der Waals surface area (Å²) in [4.78, 5) is 20.1. The van der Waals surface area contributed by atoms with E-state index in [1.165, 1.54) is 0 Å². The summed E-state index contributed by atoms with van der Waals surface area (Å²) in [5, 5.41) is 18.8. The minimum Gasteiger partial charge on any atom is -0.298 e. The molecule has 0 bridgehead atoms. The summed E-state index contributed by atoms with van der Waals surface area (Å²) in [6.45, 7) is 0. The van der Waals surface area contributed by atoms with Crippen molar-refractivity contribution in [3.8, 4) is 6.07 Å². The van der Waals surface area contributed by atoms with E-state index in [-0.39, 0.29) is 18.3 Å². The second kappa shape index (κ2) is 4.28. The SMILES string of the molecule is N#CCc1cc([N+](=O)[O-])cc(C=O)c1F. The van der Waals surface area contributed by atoms with Crippen LogP contribution in [0.5, 0.6) is 0 Å². The number of hydrogen-bond donors (Lipinski definition) is 0. The predicted octanol–water partition coefficient (Wildman–Crippen LogP) is 1.61. The number of aldehydes is 1. The molecule has 6 heteroatoms. The molecule has 0 radical (unpaired) electrons. The fourth-order valence-corrected chi connectivity index (χ4v) is 1.10. The van der Waals surface area contributed by atoms with E-state index in [4.69, 9.17) is 5.26 Å². The van der Waals surface area contributed by atoms with Gasteiger partial charge in [0.05, 0.1) is 23.0 Å². The minimum absolute atomic E-state index is 0.145. The number of hydrogen-bond acceptors (Lipinski definition) is 4. The number of carbonyl (C=O) groups is 1. The van der Waals surface area contributed by atoms with Gasteiger partial charge in [0, 0.05) is 17.7 Å². The number of carbonyl (C=O) groups excluding carboxylic acids is 1. The van der Waals surface area contributed by atoms with Crippen molar-refractivity contribution in [2.75, 3.05) is 0 Å². The average molecular weight is 208 g/mol. The molecule has 1 rings (SSSR count). The van der Waals surface area contributed by atoms with Crippen LogP contribution in [0.1, 0.15) is 15.9 Å². The Morgan fingerprint density at radius 3 is 2.73 bits per heavy atom. The fraction of sp³-hybridized carbons (Fsp3) is 0.111. The number of benzene rings is 1. The van der Waals surface area contributed by atoms with Gasteiger partial charge in [0.15, 0.2) is 6.29 Å². The van der Waals surface area contributed by atoms with Crippen LogP contribution in [0.4, 0.5) is 10.1 Å². The smallest absolute Gasteiger partial charge is 0.270 e. The molecule has 0 heterocycles. The zero-order chi connectivity index (χ0) is 11.4. The van der Waals surface area contributed by atoms with Gasteiger partial charge in [-0.3, -0.25) is 14.9 Å². The lowest BCUT2D eigenvalue weighted by molar-refractivity contribution is -0.385. The zero-order valence-electron chi connectivity index (χ0n) is 7.44. The monoisotopic (exact) mass is 208 g/mol. The van der Waals surface area contributed by atoms with Gasteiger partial charge < -0.3 is 0 Å². The number of nitrogens with zero attached hydrogens (tertiary/aromatic N) is 2. The normalized spacial score (nSPS) is 9.33. The van der Waals surface area contributed by atoms with Gasteiger partial charge in [-0.15, -0.1) is 0 Å². The van der Waals surface area contributed by atoms with Gasteiger partial charge in [0.2, 0.25) is 0 Å². The van der Waals surface area contributed by atoms with E-state index < -0.39 is 22.0 Å². The highest BCUT2D eigenvalue weighted by atomic mass is 19.1. The number of halogens is 1. The lowest BCUT2D eigenvalue weighted by Crippen LogP contribution is -1.99. The maximum Gasteiger partial charge on any atom is 0.270 e. The molecule has 0 aliphatic carbocycles. The molecule has 0 N–H and O–H groups in total. The Labute approximate surface area is 83.9 Å². The predicted molar refractivity (Wildman–Crippen MR) is 47.8 cm³/mol. The van der Waals surface area contributed by atoms with Gasteiger partial charge in [-0.2, -0.15) is 5.26 Å². The second-order valence-corrected chi connectivity index (χ2v) is 2.72. The maximum absolute atomic E-state index is 13.3. The summed E-state index contributed by atoms with van der Waals surface area (Å²) in [5.74, 6) is -0.878. The first-order chi connectivity index (χ1) is 7.10. The average Bonchev–Trinajstić information content (AvgIpc) is 2.21. The second-order valence-electron chi connectivity index (χ2n) is 2.72. The van der Waals surface area contributed by atoms with E-state index in [0.29, 0.717) is 0 Å². The molecule has 0 atom stereocenters. The highest BCUT2D eigenvalue weighted by Gasteiger charge is 2.15. The first kappa shape index (κ1) is 10.8. The van der Waals surface area contributed by atoms with Gasteiger partial charge in [0.1, 0.15) is 5.82 Å². The van der Waals surface area contributed by atoms with Gasteiger partial charge in [-0.25, -0.2) is 4.39 Å². The fourth-order valence-electron chi connectivity index (χ4n) is 1.10. The molecule has 0 unspecified atom stereocenters. The Kier molecular flexibility index (Phi) is 3.08. The van der Waals surface area contributed by atoms with Crippen LogP contribution in [-0.4, -0.2) is 11.2 Å². The molecule has 0 saturated heterocycles. The molecule has 0 aliphatic rings. The Morgan fingerprint density at radius 2 is 2.27 bits per heavy atom. The standard InChI is InChI=1S/C9H5FN2O3/c10-9-6(1-2-11)3-8(12(14)15)4-7(9)5-13/h3-5H,1H2. The van der Waals surface area contributed by atoms with Crippen molar-refractivity contribution < 1.29 is 14.1 Å². The van der Waals surface area contributed by atoms with Crippen molar-refractivity contribution >= 4 is 12.0 Å². The third-order valence-corrected chi connectivity index (χ3v) is 1.77. The Bertz CT molecular complexity index is 465. The molecule has 76 valence electrons. The van der Waals surface area contributed by atoms with E-state index in [2.05, 4.69) is 0 Å². The van der Waals surface area contributed by atoms with Crippen LogP contribution < -0.4 is 0 Å². The molecule has 1 aromatic rings. The summed E-state index contributed by atoms with van der Waals surface area (Å²) < 4.78 is 13.3. The topological polar surface area (TPSA) is 84.0 Å². The first-order valence-corrected chi connectivity index (χ1v) is 3.89. The number of non-ortho nitro benzene ring substituents is 1. The third-order valence-electron chi connectivity index (χ3n) is 1.77. The molecule has 0 aromatic heterocycles. The van der Waals surface area contributed by atoms with Crippen LogP contribution in [0.3, 0.4) is 0 Å². The van der Waals surface area contributed by atoms with Gasteiger partial charge in [-0.05, 0) is 0 Å². The van der Waals surface area contributed by atoms with Crippen LogP contribution in [0, 0.1) is 27.3 Å². The number of nitro groups is 1. The van der Waals surface area contributed by atoms with E-state index in [1.807, 2.05) is 0 Å². The van der Waals surface area contributed by atoms with Crippen molar-refractivity contribution in [3.05, 3.63) is 39.2 Å². The Hall–Kier alpha value is -2.29. The highest BCUT2D eigenvalue weighted by molar-refractivity contribution is 5.77. The van der Waals surface area contributed by atoms with Crippen molar-refractivity contribution in [3.63, 3.8) is 0 Å². The van der Waals surface area contributed by atoms with Crippen LogP contribution in [0.15, 0.2) is 12.1 Å². The summed E-state index contributed by atoms with van der Waals surface area (Å²) in [7, 11) is 0. The van der Waals surface area contributed by atoms with Crippen molar-refractivity contribution in [2.24, 2.45) is 0 Å². The summed E-state index contributed by atoms with van der Waals surface area (Å²) >= 11 is 0. The number of nitriles is 1. The van der Waals surface area contributed by atoms with Crippen molar-refractivity contribution in [1.82, 2.24) is 0 Å². The third kappa shape index (κ3) is 2.14. The van der Waals surface area contributed by atoms with Crippen LogP contribution in [0.2, 0.25) is 0 Å². The largest absolute Gasteiger partial charge is 0.298 e. The van der Waals surface area contributed by atoms with E-state index in [1.54, 1.807) is 6.07 Å². The summed E-state index contributed by atoms with van der Waals surface area (Å²) in [6.07, 6.45) is -0.127. The van der Waals surface area contributed by atoms with Crippen molar-refractivity contribution in [2.45, 2.75) is 6.42 Å². The molecule has 0 spiro atoms. The minimum atomic E-state index is -0.878. The molecule has 0 saturated carbocycles. The molecule has 1 aromatic carbocycles. The molecule has 0 amide bonds. The number of nitro benzene ring substituents is 1. The molecule has 15 heavy (non-hydrogen) atoms. The Morgan fingerprint density at radius 1 is 1.60 bits per heavy atom. The summed E-state index contributed by atoms with van der Waals surface area (Å²) in [6, 6.07) is 3.45. The van der Waals surface area contributed by atoms with Gasteiger partial charge in [0.25, 0.3) is 5.69 Å². The van der Waals surface area contributed by atoms with Gasteiger partial charge in [-0.1, -0.05) is 0 Å². The van der Waals surface area contributed by atoms with Crippen LogP contribution in [0.25, 0.3) is 0 Å². The molecular weight excluding hydrogens is 203 g/mol. The summed E-state index contributed by atoms with van der Waals surface area (Å²) in [5.41, 5.74) is -0.952. The molecule has 0 aliphatic heterocycles. The van der Waals surface area contributed by atoms with E-state index in [9.17, 15) is 19.3 Å². The van der Waals surface area contributed by atoms with Crippen molar-refractivity contribution in [1.29, 1.82) is 5.26 Å². The van der Waals surface area contributed by atoms with Gasteiger partial charge >= 0.3 is 0 Å². The maximum atomic E-state index is 13.3. The molecular formula is C9H5FN2O3. The first-order valence-electron chi connectivity index (χ1n) is 3.89. The zero-order valence-corrected chi connectivity index (χ0v) is 7.44. The van der Waals surface area contributed by atoms with Crippen LogP contribution in [-0.2, 0) is 6.42 Å². The number of rotatable bonds is 3.